The fraction of sp³-hybridized carbons (Fsp3) is 0.873. The van der Waals surface area contributed by atoms with Crippen molar-refractivity contribution in [1.82, 2.24) is 5.32 Å². The van der Waals surface area contributed by atoms with E-state index in [0.29, 0.717) is 23.9 Å². The molecule has 0 aliphatic rings. The lowest BCUT2D eigenvalue weighted by Gasteiger charge is -2.26. The summed E-state index contributed by atoms with van der Waals surface area (Å²) < 4.78 is 23.7. The number of amides is 1. The van der Waals surface area contributed by atoms with Crippen LogP contribution in [-0.2, 0) is 18.4 Å². The quantitative estimate of drug-likeness (QED) is 0.0243. The topological polar surface area (TPSA) is 105 Å². The first-order valence-electron chi connectivity index (χ1n) is 27.4. The predicted octanol–water partition coefficient (Wildman–Crippen LogP) is 16.2. The maximum absolute atomic E-state index is 13.0. The van der Waals surface area contributed by atoms with Gasteiger partial charge in [0.2, 0.25) is 5.91 Å². The normalized spacial score (nSPS) is 14.3. The molecule has 0 aromatic heterocycles. The van der Waals surface area contributed by atoms with Crippen molar-refractivity contribution in [3.05, 3.63) is 36.5 Å². The molecule has 0 rings (SSSR count). The average Bonchev–Trinajstić information content (AvgIpc) is 3.25. The summed E-state index contributed by atoms with van der Waals surface area (Å²) in [5, 5.41) is 14.0. The number of phosphoric acid groups is 1. The number of carbonyl (C=O) groups excluding carboxylic acids is 1. The molecule has 0 aliphatic heterocycles. The van der Waals surface area contributed by atoms with Gasteiger partial charge in [-0.15, -0.1) is 0 Å². The molecule has 9 heteroatoms. The SMILES string of the molecule is CCCCCCC/C=C\C/C=C\C/C=C\CCCCCCCCCCCCC(=O)NC(COP(=O)(O)OCC[N+](C)(C)C)C(O)CCCCCCCCCCCCCCCCCCC. The van der Waals surface area contributed by atoms with E-state index in [2.05, 4.69) is 55.6 Å². The minimum atomic E-state index is -4.32. The third-order valence-electron chi connectivity index (χ3n) is 12.4. The Labute approximate surface area is 397 Å². The second-order valence-corrected chi connectivity index (χ2v) is 21.4. The van der Waals surface area contributed by atoms with Crippen molar-refractivity contribution in [2.45, 2.75) is 270 Å². The number of phosphoric ester groups is 1. The Morgan fingerprint density at radius 2 is 0.891 bits per heavy atom. The predicted molar refractivity (Wildman–Crippen MR) is 277 cm³/mol. The second-order valence-electron chi connectivity index (χ2n) is 20.0. The van der Waals surface area contributed by atoms with Gasteiger partial charge in [-0.3, -0.25) is 13.8 Å². The van der Waals surface area contributed by atoms with E-state index >= 15 is 0 Å². The molecular weight excluding hydrogens is 816 g/mol. The second kappa shape index (κ2) is 46.8. The summed E-state index contributed by atoms with van der Waals surface area (Å²) in [4.78, 5) is 23.3. The number of aliphatic hydroxyl groups excluding tert-OH is 1. The number of allylic oxidation sites excluding steroid dienone is 6. The number of likely N-dealkylation sites (N-methyl/N-ethyl adjacent to an activating group) is 1. The van der Waals surface area contributed by atoms with E-state index in [0.717, 1.165) is 51.4 Å². The number of rotatable bonds is 50. The highest BCUT2D eigenvalue weighted by Gasteiger charge is 2.28. The smallest absolute Gasteiger partial charge is 0.391 e. The summed E-state index contributed by atoms with van der Waals surface area (Å²) in [7, 11) is 1.62. The number of aliphatic hydroxyl groups is 1. The largest absolute Gasteiger partial charge is 0.472 e. The van der Waals surface area contributed by atoms with Gasteiger partial charge in [-0.1, -0.05) is 237 Å². The summed E-state index contributed by atoms with van der Waals surface area (Å²) >= 11 is 0. The van der Waals surface area contributed by atoms with Crippen molar-refractivity contribution in [1.29, 1.82) is 0 Å². The van der Waals surface area contributed by atoms with Crippen molar-refractivity contribution < 1.29 is 32.9 Å². The van der Waals surface area contributed by atoms with Gasteiger partial charge in [0.25, 0.3) is 0 Å². The van der Waals surface area contributed by atoms with E-state index in [1.807, 2.05) is 21.1 Å². The molecule has 0 aromatic carbocycles. The van der Waals surface area contributed by atoms with Crippen molar-refractivity contribution in [2.24, 2.45) is 0 Å². The molecule has 0 aliphatic carbocycles. The Balaban J connectivity index is 4.20. The maximum Gasteiger partial charge on any atom is 0.472 e. The van der Waals surface area contributed by atoms with Crippen molar-refractivity contribution in [3.8, 4) is 0 Å². The Bertz CT molecular complexity index is 1140. The van der Waals surface area contributed by atoms with E-state index in [4.69, 9.17) is 9.05 Å². The molecule has 8 nitrogen and oxygen atoms in total. The molecule has 3 N–H and O–H groups in total. The molecular formula is C55H108N2O6P+. The highest BCUT2D eigenvalue weighted by atomic mass is 31.2. The van der Waals surface area contributed by atoms with Crippen LogP contribution >= 0.6 is 7.82 Å². The summed E-state index contributed by atoms with van der Waals surface area (Å²) in [5.41, 5.74) is 0. The number of hydrogen-bond donors (Lipinski definition) is 3. The fourth-order valence-corrected chi connectivity index (χ4v) is 8.79. The zero-order valence-electron chi connectivity index (χ0n) is 43.0. The summed E-state index contributed by atoms with van der Waals surface area (Å²) in [6.45, 7) is 4.90. The Kier molecular flexibility index (Phi) is 45.9. The van der Waals surface area contributed by atoms with Crippen LogP contribution in [0.2, 0.25) is 0 Å². The number of quaternary nitrogens is 1. The van der Waals surface area contributed by atoms with Crippen LogP contribution < -0.4 is 5.32 Å². The van der Waals surface area contributed by atoms with Gasteiger partial charge in [0.1, 0.15) is 13.2 Å². The zero-order valence-corrected chi connectivity index (χ0v) is 43.9. The number of nitrogens with one attached hydrogen (secondary N) is 1. The van der Waals surface area contributed by atoms with Gasteiger partial charge in [-0.05, 0) is 51.4 Å². The number of unbranched alkanes of at least 4 members (excludes halogenated alkanes) is 31. The molecule has 0 saturated carbocycles. The maximum atomic E-state index is 13.0. The van der Waals surface area contributed by atoms with Crippen LogP contribution in [-0.4, -0.2) is 73.4 Å². The van der Waals surface area contributed by atoms with Crippen LogP contribution in [0.4, 0.5) is 0 Å². The van der Waals surface area contributed by atoms with E-state index < -0.39 is 20.0 Å². The van der Waals surface area contributed by atoms with Gasteiger partial charge in [0, 0.05) is 6.42 Å². The van der Waals surface area contributed by atoms with Crippen molar-refractivity contribution in [2.75, 3.05) is 40.9 Å². The highest BCUT2D eigenvalue weighted by Crippen LogP contribution is 2.43. The van der Waals surface area contributed by atoms with Crippen LogP contribution in [0.1, 0.15) is 258 Å². The van der Waals surface area contributed by atoms with Crippen molar-refractivity contribution >= 4 is 13.7 Å². The first kappa shape index (κ1) is 62.7. The van der Waals surface area contributed by atoms with Crippen LogP contribution in [0, 0.1) is 0 Å². The summed E-state index contributed by atoms with van der Waals surface area (Å²) in [6, 6.07) is -0.763. The van der Waals surface area contributed by atoms with Gasteiger partial charge in [-0.2, -0.15) is 0 Å². The first-order valence-corrected chi connectivity index (χ1v) is 28.8. The fourth-order valence-electron chi connectivity index (χ4n) is 8.05. The lowest BCUT2D eigenvalue weighted by Crippen LogP contribution is -2.46. The molecule has 3 atom stereocenters. The Morgan fingerprint density at radius 1 is 0.531 bits per heavy atom. The monoisotopic (exact) mass is 924 g/mol. The van der Waals surface area contributed by atoms with Gasteiger partial charge < -0.3 is 19.8 Å². The van der Waals surface area contributed by atoms with Crippen LogP contribution in [0.5, 0.6) is 0 Å². The van der Waals surface area contributed by atoms with Gasteiger partial charge >= 0.3 is 7.82 Å². The highest BCUT2D eigenvalue weighted by molar-refractivity contribution is 7.47. The van der Waals surface area contributed by atoms with Crippen LogP contribution in [0.15, 0.2) is 36.5 Å². The molecule has 1 amide bonds. The van der Waals surface area contributed by atoms with E-state index in [1.54, 1.807) is 0 Å². The number of carbonyl (C=O) groups is 1. The lowest BCUT2D eigenvalue weighted by molar-refractivity contribution is -0.870. The molecule has 0 radical (unpaired) electrons. The van der Waals surface area contributed by atoms with Gasteiger partial charge in [0.15, 0.2) is 0 Å². The third-order valence-corrected chi connectivity index (χ3v) is 13.4. The molecule has 0 spiro atoms. The molecule has 0 saturated heterocycles. The molecule has 0 bridgehead atoms. The zero-order chi connectivity index (χ0) is 47.1. The molecule has 0 heterocycles. The van der Waals surface area contributed by atoms with E-state index in [-0.39, 0.29) is 19.1 Å². The molecule has 0 aromatic rings. The number of nitrogens with zero attached hydrogens (tertiary/aromatic N) is 1. The average molecular weight is 924 g/mol. The third kappa shape index (κ3) is 48.6. The van der Waals surface area contributed by atoms with Crippen LogP contribution in [0.3, 0.4) is 0 Å². The molecule has 3 unspecified atom stereocenters. The van der Waals surface area contributed by atoms with Gasteiger partial charge in [-0.25, -0.2) is 4.57 Å². The Hall–Kier alpha value is -1.28. The van der Waals surface area contributed by atoms with Crippen LogP contribution in [0.25, 0.3) is 0 Å². The van der Waals surface area contributed by atoms with E-state index in [1.165, 1.54) is 180 Å². The van der Waals surface area contributed by atoms with Gasteiger partial charge in [0.05, 0.1) is 39.9 Å². The van der Waals surface area contributed by atoms with Crippen molar-refractivity contribution in [3.63, 3.8) is 0 Å². The van der Waals surface area contributed by atoms with E-state index in [9.17, 15) is 19.4 Å². The molecule has 0 fully saturated rings. The number of hydrogen-bond acceptors (Lipinski definition) is 5. The first-order chi connectivity index (χ1) is 31.0. The summed E-state index contributed by atoms with van der Waals surface area (Å²) in [5.74, 6) is -0.147. The molecule has 378 valence electrons. The minimum Gasteiger partial charge on any atom is -0.391 e. The minimum absolute atomic E-state index is 0.0739. The lowest BCUT2D eigenvalue weighted by atomic mass is 10.0. The summed E-state index contributed by atoms with van der Waals surface area (Å²) in [6.07, 6.45) is 59.0. The standard InChI is InChI=1S/C55H107N2O6P/c1-6-8-10-12-14-16-18-20-22-24-25-26-27-28-29-30-31-33-35-37-39-41-43-45-47-49-55(59)56-53(52-63-64(60,61)62-51-50-57(3,4)5)54(58)48-46-44-42-40-38-36-34-32-23-21-19-17-15-13-11-9-7-2/h18,20,24-25,27-28,53-54,58H,6-17,19,21-23,26,29-52H2,1-5H3,(H-,56,59,60,61)/p+1/b20-18-,25-24-,28-27-. The molecule has 64 heavy (non-hydrogen) atoms. The Morgan fingerprint density at radius 3 is 1.30 bits per heavy atom.